The third-order valence-electron chi connectivity index (χ3n) is 6.18. The van der Waals surface area contributed by atoms with Crippen LogP contribution >= 0.6 is 0 Å². The number of hydrogen-bond donors (Lipinski definition) is 1. The van der Waals surface area contributed by atoms with Crippen molar-refractivity contribution in [2.24, 2.45) is 0 Å². The molecule has 154 valence electrons. The Labute approximate surface area is 168 Å². The number of ether oxygens (including phenoxy) is 2. The molecule has 0 spiro atoms. The number of nitrogens with zero attached hydrogens (tertiary/aromatic N) is 2. The molecule has 1 saturated carbocycles. The van der Waals surface area contributed by atoms with E-state index in [0.717, 1.165) is 63.2 Å². The normalized spacial score (nSPS) is 23.5. The van der Waals surface area contributed by atoms with Gasteiger partial charge in [0.05, 0.1) is 19.8 Å². The fourth-order valence-corrected chi connectivity index (χ4v) is 4.36. The van der Waals surface area contributed by atoms with Gasteiger partial charge in [0, 0.05) is 43.9 Å². The topological polar surface area (TPSA) is 54.0 Å². The molecule has 3 aliphatic rings. The van der Waals surface area contributed by atoms with Crippen molar-refractivity contribution in [3.63, 3.8) is 0 Å². The first-order valence-corrected chi connectivity index (χ1v) is 10.8. The summed E-state index contributed by atoms with van der Waals surface area (Å²) in [6.07, 6.45) is 7.04. The number of likely N-dealkylation sites (tertiary alicyclic amines) is 1. The van der Waals surface area contributed by atoms with Crippen LogP contribution in [0.2, 0.25) is 0 Å². The van der Waals surface area contributed by atoms with Crippen LogP contribution in [0.4, 0.5) is 4.79 Å². The Kier molecular flexibility index (Phi) is 6.37. The van der Waals surface area contributed by atoms with Crippen LogP contribution in [-0.4, -0.2) is 67.4 Å². The Hall–Kier alpha value is -1.79. The Balaban J connectivity index is 1.28. The van der Waals surface area contributed by atoms with Gasteiger partial charge in [-0.3, -0.25) is 0 Å². The molecule has 0 radical (unpaired) electrons. The van der Waals surface area contributed by atoms with E-state index >= 15 is 0 Å². The highest BCUT2D eigenvalue weighted by atomic mass is 16.5. The highest BCUT2D eigenvalue weighted by Gasteiger charge is 2.34. The molecule has 1 aromatic carbocycles. The molecule has 3 fully saturated rings. The maximum atomic E-state index is 13.0. The molecule has 6 nitrogen and oxygen atoms in total. The summed E-state index contributed by atoms with van der Waals surface area (Å²) in [5, 5.41) is 3.30. The lowest BCUT2D eigenvalue weighted by atomic mass is 10.0. The van der Waals surface area contributed by atoms with E-state index in [1.54, 1.807) is 7.11 Å². The molecule has 1 aliphatic carbocycles. The number of benzene rings is 1. The molecule has 2 heterocycles. The maximum Gasteiger partial charge on any atom is 0.318 e. The fourth-order valence-electron chi connectivity index (χ4n) is 4.36. The van der Waals surface area contributed by atoms with Crippen LogP contribution in [0.3, 0.4) is 0 Å². The van der Waals surface area contributed by atoms with Gasteiger partial charge in [0.25, 0.3) is 0 Å². The van der Waals surface area contributed by atoms with E-state index in [9.17, 15) is 4.79 Å². The third kappa shape index (κ3) is 4.97. The Morgan fingerprint density at radius 1 is 1.21 bits per heavy atom. The molecule has 1 aromatic rings. The molecule has 28 heavy (non-hydrogen) atoms. The van der Waals surface area contributed by atoms with Crippen LogP contribution in [-0.2, 0) is 11.3 Å². The van der Waals surface area contributed by atoms with Gasteiger partial charge >= 0.3 is 6.03 Å². The highest BCUT2D eigenvalue weighted by molar-refractivity contribution is 5.75. The summed E-state index contributed by atoms with van der Waals surface area (Å²) in [6, 6.07) is 8.69. The largest absolute Gasteiger partial charge is 0.496 e. The molecule has 2 saturated heterocycles. The zero-order valence-electron chi connectivity index (χ0n) is 16.9. The third-order valence-corrected chi connectivity index (χ3v) is 6.18. The summed E-state index contributed by atoms with van der Waals surface area (Å²) >= 11 is 0. The number of rotatable bonds is 7. The molecule has 0 unspecified atom stereocenters. The van der Waals surface area contributed by atoms with Crippen LogP contribution < -0.4 is 10.1 Å². The minimum atomic E-state index is 0.0750. The number of urea groups is 1. The van der Waals surface area contributed by atoms with E-state index in [1.807, 2.05) is 29.2 Å². The lowest BCUT2D eigenvalue weighted by molar-refractivity contribution is 0.0627. The minimum Gasteiger partial charge on any atom is -0.496 e. The van der Waals surface area contributed by atoms with E-state index in [-0.39, 0.29) is 12.1 Å². The molecule has 0 aromatic heterocycles. The second-order valence-electron chi connectivity index (χ2n) is 8.33. The summed E-state index contributed by atoms with van der Waals surface area (Å²) < 4.78 is 11.2. The van der Waals surface area contributed by atoms with E-state index in [0.29, 0.717) is 18.7 Å². The van der Waals surface area contributed by atoms with Crippen LogP contribution in [0.1, 0.15) is 44.1 Å². The number of nitrogens with one attached hydrogen (secondary N) is 1. The van der Waals surface area contributed by atoms with Gasteiger partial charge in [-0.05, 0) is 44.6 Å². The van der Waals surface area contributed by atoms with Crippen molar-refractivity contribution in [1.82, 2.24) is 15.1 Å². The molecule has 4 rings (SSSR count). The number of methoxy groups -OCH3 is 1. The molecular weight excluding hydrogens is 354 g/mol. The summed E-state index contributed by atoms with van der Waals surface area (Å²) in [5.74, 6) is 0.850. The molecule has 0 bridgehead atoms. The maximum absolute atomic E-state index is 13.0. The van der Waals surface area contributed by atoms with Crippen molar-refractivity contribution >= 4 is 6.03 Å². The van der Waals surface area contributed by atoms with E-state index in [1.165, 1.54) is 12.8 Å². The number of carbonyl (C=O) groups excluding carboxylic acids is 1. The zero-order chi connectivity index (χ0) is 19.3. The zero-order valence-corrected chi connectivity index (χ0v) is 16.9. The van der Waals surface area contributed by atoms with Crippen molar-refractivity contribution in [1.29, 1.82) is 0 Å². The lowest BCUT2D eigenvalue weighted by Crippen LogP contribution is -2.50. The number of para-hydroxylation sites is 1. The number of amides is 2. The summed E-state index contributed by atoms with van der Waals surface area (Å²) in [6.45, 7) is 4.66. The van der Waals surface area contributed by atoms with Crippen molar-refractivity contribution in [2.45, 2.75) is 63.3 Å². The van der Waals surface area contributed by atoms with Gasteiger partial charge in [-0.15, -0.1) is 0 Å². The van der Waals surface area contributed by atoms with Gasteiger partial charge in [-0.25, -0.2) is 4.79 Å². The second-order valence-corrected chi connectivity index (χ2v) is 8.33. The quantitative estimate of drug-likeness (QED) is 0.781. The standard InChI is InChI=1S/C22H33N3O3/c1-27-21-7-3-2-5-17(21)15-25(19-8-9-19)22(26)23-18-10-12-24(13-11-18)16-20-6-4-14-28-20/h2-3,5,7,18-20H,4,6,8-16H2,1H3,(H,23,26)/t20-/m0/s1. The summed E-state index contributed by atoms with van der Waals surface area (Å²) in [4.78, 5) is 17.5. The molecule has 2 amide bonds. The van der Waals surface area contributed by atoms with Gasteiger partial charge < -0.3 is 24.6 Å². The van der Waals surface area contributed by atoms with Crippen LogP contribution in [0.25, 0.3) is 0 Å². The number of carbonyl (C=O) groups is 1. The summed E-state index contributed by atoms with van der Waals surface area (Å²) in [7, 11) is 1.69. The first kappa shape index (κ1) is 19.5. The predicted molar refractivity (Wildman–Crippen MR) is 109 cm³/mol. The van der Waals surface area contributed by atoms with E-state index in [4.69, 9.17) is 9.47 Å². The van der Waals surface area contributed by atoms with Crippen molar-refractivity contribution in [3.05, 3.63) is 29.8 Å². The van der Waals surface area contributed by atoms with E-state index in [2.05, 4.69) is 10.2 Å². The molecule has 2 aliphatic heterocycles. The number of hydrogen-bond acceptors (Lipinski definition) is 4. The first-order chi connectivity index (χ1) is 13.7. The monoisotopic (exact) mass is 387 g/mol. The molecular formula is C22H33N3O3. The SMILES string of the molecule is COc1ccccc1CN(C(=O)NC1CCN(C[C@@H]2CCCO2)CC1)C1CC1. The van der Waals surface area contributed by atoms with Gasteiger partial charge in [0.2, 0.25) is 0 Å². The van der Waals surface area contributed by atoms with Crippen molar-refractivity contribution in [3.8, 4) is 5.75 Å². The van der Waals surface area contributed by atoms with E-state index < -0.39 is 0 Å². The van der Waals surface area contributed by atoms with Crippen LogP contribution in [0.15, 0.2) is 24.3 Å². The molecule has 6 heteroatoms. The second kappa shape index (κ2) is 9.14. The summed E-state index contributed by atoms with van der Waals surface area (Å²) in [5.41, 5.74) is 1.07. The Morgan fingerprint density at radius 3 is 2.68 bits per heavy atom. The predicted octanol–water partition coefficient (Wildman–Crippen LogP) is 3.01. The molecule has 1 atom stereocenters. The van der Waals surface area contributed by atoms with Crippen LogP contribution in [0, 0.1) is 0 Å². The minimum absolute atomic E-state index is 0.0750. The lowest BCUT2D eigenvalue weighted by Gasteiger charge is -2.35. The van der Waals surface area contributed by atoms with Crippen molar-refractivity contribution in [2.75, 3.05) is 33.4 Å². The first-order valence-electron chi connectivity index (χ1n) is 10.8. The van der Waals surface area contributed by atoms with Gasteiger partial charge in [0.1, 0.15) is 5.75 Å². The average molecular weight is 388 g/mol. The Bertz CT molecular complexity index is 650. The van der Waals surface area contributed by atoms with Gasteiger partial charge in [0.15, 0.2) is 0 Å². The Morgan fingerprint density at radius 2 is 2.00 bits per heavy atom. The van der Waals surface area contributed by atoms with Crippen LogP contribution in [0.5, 0.6) is 5.75 Å². The highest BCUT2D eigenvalue weighted by Crippen LogP contribution is 2.30. The van der Waals surface area contributed by atoms with Crippen molar-refractivity contribution < 1.29 is 14.3 Å². The molecule has 1 N–H and O–H groups in total. The number of piperidine rings is 1. The average Bonchev–Trinajstić information content (AvgIpc) is 3.43. The van der Waals surface area contributed by atoms with Gasteiger partial charge in [-0.1, -0.05) is 18.2 Å². The smallest absolute Gasteiger partial charge is 0.318 e. The fraction of sp³-hybridized carbons (Fsp3) is 0.682. The van der Waals surface area contributed by atoms with Gasteiger partial charge in [-0.2, -0.15) is 0 Å².